The van der Waals surface area contributed by atoms with Crippen LogP contribution in [0.5, 0.6) is 0 Å². The minimum absolute atomic E-state index is 0.921. The molecule has 0 aliphatic heterocycles. The lowest BCUT2D eigenvalue weighted by Gasteiger charge is -2.19. The third-order valence-electron chi connectivity index (χ3n) is 11.5. The quantitative estimate of drug-likeness (QED) is 0.167. The van der Waals surface area contributed by atoms with Crippen molar-refractivity contribution >= 4 is 96.5 Å². The molecule has 0 atom stereocenters. The molecule has 54 heavy (non-hydrogen) atoms. The van der Waals surface area contributed by atoms with Crippen molar-refractivity contribution in [3.05, 3.63) is 182 Å². The fourth-order valence-corrected chi connectivity index (χ4v) is 10.3. The Morgan fingerprint density at radius 3 is 1.63 bits per heavy atom. The molecule has 0 amide bonds. The fraction of sp³-hybridized carbons (Fsp3) is 0. The monoisotopic (exact) mass is 702 g/mol. The SMILES string of the molecule is c1ccc2c(-c3c4ccccc4c(-c4ccc(-c5cc6c(sc7ccc8ccccc8c76)c6oc7ccccc7c56)cc4)c4ccccc34)cccc2c1. The highest BCUT2D eigenvalue weighted by molar-refractivity contribution is 7.26. The lowest BCUT2D eigenvalue weighted by Crippen LogP contribution is -1.91. The van der Waals surface area contributed by atoms with Crippen LogP contribution in [0.1, 0.15) is 0 Å². The number of fused-ring (bicyclic) bond motifs is 12. The fourth-order valence-electron chi connectivity index (χ4n) is 9.11. The molecule has 0 bridgehead atoms. The van der Waals surface area contributed by atoms with Gasteiger partial charge in [-0.15, -0.1) is 11.3 Å². The highest BCUT2D eigenvalue weighted by atomic mass is 32.1. The molecule has 0 radical (unpaired) electrons. The summed E-state index contributed by atoms with van der Waals surface area (Å²) in [5, 5.41) is 15.0. The molecule has 10 aromatic carbocycles. The van der Waals surface area contributed by atoms with E-state index in [9.17, 15) is 0 Å². The average molecular weight is 703 g/mol. The Morgan fingerprint density at radius 2 is 0.907 bits per heavy atom. The van der Waals surface area contributed by atoms with Gasteiger partial charge in [0.1, 0.15) is 5.58 Å². The number of thiophene rings is 1. The lowest BCUT2D eigenvalue weighted by atomic mass is 9.84. The van der Waals surface area contributed by atoms with E-state index in [2.05, 4.69) is 182 Å². The summed E-state index contributed by atoms with van der Waals surface area (Å²) in [5.74, 6) is 0. The van der Waals surface area contributed by atoms with Crippen molar-refractivity contribution in [1.29, 1.82) is 0 Å². The predicted octanol–water partition coefficient (Wildman–Crippen LogP) is 15.6. The molecule has 0 spiro atoms. The van der Waals surface area contributed by atoms with Gasteiger partial charge in [0.15, 0.2) is 5.58 Å². The zero-order valence-electron chi connectivity index (χ0n) is 29.1. The summed E-state index contributed by atoms with van der Waals surface area (Å²) in [6, 6.07) is 66.7. The van der Waals surface area contributed by atoms with E-state index in [1.807, 2.05) is 11.3 Å². The minimum Gasteiger partial charge on any atom is -0.455 e. The zero-order chi connectivity index (χ0) is 35.3. The Kier molecular flexibility index (Phi) is 6.28. The topological polar surface area (TPSA) is 13.1 Å². The summed E-state index contributed by atoms with van der Waals surface area (Å²) in [7, 11) is 0. The van der Waals surface area contributed by atoms with Gasteiger partial charge in [0, 0.05) is 26.2 Å². The van der Waals surface area contributed by atoms with Gasteiger partial charge in [-0.05, 0) is 94.7 Å². The molecule has 1 nitrogen and oxygen atoms in total. The van der Waals surface area contributed by atoms with Crippen LogP contribution >= 0.6 is 11.3 Å². The molecule has 2 aromatic heterocycles. The molecule has 12 rings (SSSR count). The first-order valence-corrected chi connectivity index (χ1v) is 19.3. The highest BCUT2D eigenvalue weighted by Gasteiger charge is 2.22. The van der Waals surface area contributed by atoms with Crippen molar-refractivity contribution in [1.82, 2.24) is 0 Å². The Morgan fingerprint density at radius 1 is 0.352 bits per heavy atom. The van der Waals surface area contributed by atoms with Crippen LogP contribution in [0.3, 0.4) is 0 Å². The van der Waals surface area contributed by atoms with Gasteiger partial charge in [-0.25, -0.2) is 0 Å². The number of furan rings is 1. The molecule has 2 heterocycles. The van der Waals surface area contributed by atoms with Crippen LogP contribution in [0.2, 0.25) is 0 Å². The van der Waals surface area contributed by atoms with E-state index >= 15 is 0 Å². The van der Waals surface area contributed by atoms with Gasteiger partial charge in [-0.3, -0.25) is 0 Å². The molecular formula is C52H30OS. The van der Waals surface area contributed by atoms with E-state index in [1.54, 1.807) is 0 Å². The van der Waals surface area contributed by atoms with Crippen LogP contribution in [0.15, 0.2) is 186 Å². The number of hydrogen-bond donors (Lipinski definition) is 0. The van der Waals surface area contributed by atoms with Crippen LogP contribution in [0, 0.1) is 0 Å². The molecule has 0 aliphatic carbocycles. The second-order valence-electron chi connectivity index (χ2n) is 14.3. The first kappa shape index (κ1) is 29.8. The molecule has 250 valence electrons. The Balaban J connectivity index is 1.11. The number of benzene rings is 10. The summed E-state index contributed by atoms with van der Waals surface area (Å²) in [6.07, 6.45) is 0. The first-order chi connectivity index (χ1) is 26.8. The largest absolute Gasteiger partial charge is 0.455 e. The predicted molar refractivity (Wildman–Crippen MR) is 233 cm³/mol. The summed E-state index contributed by atoms with van der Waals surface area (Å²) < 4.78 is 9.23. The Labute approximate surface area is 314 Å². The standard InChI is InChI=1S/C52H30OS/c1-3-15-35-31(12-1)14-11-22-37(35)48-40-19-7-5-17-38(40)47(39-18-6-8-20-41(39)48)34-26-24-33(25-27-34)43-30-44-49-36-16-4-2-13-32(36)28-29-46(49)54-52(44)51-50(43)42-21-9-10-23-45(42)53-51/h1-30H. The second kappa shape index (κ2) is 11.4. The van der Waals surface area contributed by atoms with Gasteiger partial charge in [-0.1, -0.05) is 164 Å². The molecule has 0 saturated heterocycles. The van der Waals surface area contributed by atoms with Gasteiger partial charge in [0.25, 0.3) is 0 Å². The van der Waals surface area contributed by atoms with Gasteiger partial charge in [-0.2, -0.15) is 0 Å². The summed E-state index contributed by atoms with van der Waals surface area (Å²) in [5.41, 5.74) is 9.29. The lowest BCUT2D eigenvalue weighted by molar-refractivity contribution is 0.673. The van der Waals surface area contributed by atoms with Crippen LogP contribution in [-0.4, -0.2) is 0 Å². The number of rotatable bonds is 3. The van der Waals surface area contributed by atoms with Gasteiger partial charge < -0.3 is 4.42 Å². The van der Waals surface area contributed by atoms with Crippen molar-refractivity contribution in [2.75, 3.05) is 0 Å². The third-order valence-corrected chi connectivity index (χ3v) is 12.6. The van der Waals surface area contributed by atoms with E-state index in [0.717, 1.165) is 16.6 Å². The average Bonchev–Trinajstić information content (AvgIpc) is 3.82. The van der Waals surface area contributed by atoms with Crippen LogP contribution in [-0.2, 0) is 0 Å². The zero-order valence-corrected chi connectivity index (χ0v) is 30.0. The Hall–Kier alpha value is -6.74. The van der Waals surface area contributed by atoms with E-state index in [0.29, 0.717) is 0 Å². The third kappa shape index (κ3) is 4.20. The molecule has 2 heteroatoms. The van der Waals surface area contributed by atoms with Crippen molar-refractivity contribution in [2.45, 2.75) is 0 Å². The maximum Gasteiger partial charge on any atom is 0.153 e. The summed E-state index contributed by atoms with van der Waals surface area (Å²) in [4.78, 5) is 0. The van der Waals surface area contributed by atoms with Crippen LogP contribution < -0.4 is 0 Å². The highest BCUT2D eigenvalue weighted by Crippen LogP contribution is 2.49. The van der Waals surface area contributed by atoms with Gasteiger partial charge in [0.2, 0.25) is 0 Å². The molecule has 0 fully saturated rings. The van der Waals surface area contributed by atoms with Crippen LogP contribution in [0.4, 0.5) is 0 Å². The molecular weight excluding hydrogens is 673 g/mol. The van der Waals surface area contributed by atoms with Gasteiger partial charge >= 0.3 is 0 Å². The van der Waals surface area contributed by atoms with Crippen molar-refractivity contribution in [2.24, 2.45) is 0 Å². The smallest absolute Gasteiger partial charge is 0.153 e. The molecule has 0 N–H and O–H groups in total. The van der Waals surface area contributed by atoms with E-state index in [-0.39, 0.29) is 0 Å². The molecule has 0 aliphatic rings. The molecule has 0 unspecified atom stereocenters. The van der Waals surface area contributed by atoms with E-state index in [4.69, 9.17) is 4.42 Å². The number of hydrogen-bond acceptors (Lipinski definition) is 2. The maximum absolute atomic E-state index is 6.74. The maximum atomic E-state index is 6.74. The first-order valence-electron chi connectivity index (χ1n) is 18.5. The summed E-state index contributed by atoms with van der Waals surface area (Å²) in [6.45, 7) is 0. The Bertz CT molecular complexity index is 3430. The molecule has 12 aromatic rings. The van der Waals surface area contributed by atoms with Crippen LogP contribution in [0.25, 0.3) is 119 Å². The van der Waals surface area contributed by atoms with Gasteiger partial charge in [0.05, 0.1) is 4.70 Å². The molecule has 0 saturated carbocycles. The summed E-state index contributed by atoms with van der Waals surface area (Å²) >= 11 is 1.83. The minimum atomic E-state index is 0.921. The van der Waals surface area contributed by atoms with E-state index < -0.39 is 0 Å². The number of para-hydroxylation sites is 1. The second-order valence-corrected chi connectivity index (χ2v) is 15.4. The van der Waals surface area contributed by atoms with E-state index in [1.165, 1.54) is 102 Å². The van der Waals surface area contributed by atoms with Crippen molar-refractivity contribution < 1.29 is 4.42 Å². The van der Waals surface area contributed by atoms with Crippen molar-refractivity contribution in [3.63, 3.8) is 0 Å². The normalized spacial score (nSPS) is 12.1. The van der Waals surface area contributed by atoms with Crippen molar-refractivity contribution in [3.8, 4) is 33.4 Å².